The van der Waals surface area contributed by atoms with E-state index in [0.29, 0.717) is 0 Å². The summed E-state index contributed by atoms with van der Waals surface area (Å²) in [6, 6.07) is 0.775. The second-order valence-electron chi connectivity index (χ2n) is 5.38. The Morgan fingerprint density at radius 1 is 1.29 bits per heavy atom. The molecule has 0 unspecified atom stereocenters. The van der Waals surface area contributed by atoms with Crippen molar-refractivity contribution in [1.82, 2.24) is 19.8 Å². The summed E-state index contributed by atoms with van der Waals surface area (Å²) in [5, 5.41) is 3.66. The molecule has 94 valence electrons. The van der Waals surface area contributed by atoms with E-state index in [9.17, 15) is 0 Å². The molecule has 1 N–H and O–H groups in total. The summed E-state index contributed by atoms with van der Waals surface area (Å²) in [4.78, 5) is 6.70. The maximum atomic E-state index is 4.07. The number of aromatic nitrogens is 2. The van der Waals surface area contributed by atoms with Crippen LogP contribution in [-0.4, -0.2) is 46.7 Å². The fraction of sp³-hybridized carbons (Fsp3) is 0.769. The van der Waals surface area contributed by atoms with Gasteiger partial charge in [-0.3, -0.25) is 0 Å². The molecule has 0 saturated carbocycles. The lowest BCUT2D eigenvalue weighted by atomic mass is 9.94. The number of hydrogen-bond acceptors (Lipinski definition) is 3. The first kappa shape index (κ1) is 11.2. The van der Waals surface area contributed by atoms with E-state index in [-0.39, 0.29) is 0 Å². The van der Waals surface area contributed by atoms with Crippen LogP contribution in [0.25, 0.3) is 0 Å². The number of imidazole rings is 1. The molecule has 17 heavy (non-hydrogen) atoms. The lowest BCUT2D eigenvalue weighted by molar-refractivity contribution is 0.309. The first-order valence-electron chi connectivity index (χ1n) is 6.83. The van der Waals surface area contributed by atoms with E-state index in [4.69, 9.17) is 0 Å². The molecule has 1 aromatic rings. The summed E-state index contributed by atoms with van der Waals surface area (Å²) in [5.74, 6) is 0.914. The highest BCUT2D eigenvalue weighted by Gasteiger charge is 2.33. The molecule has 3 rings (SSSR count). The van der Waals surface area contributed by atoms with Gasteiger partial charge >= 0.3 is 0 Å². The van der Waals surface area contributed by atoms with Gasteiger partial charge < -0.3 is 14.8 Å². The van der Waals surface area contributed by atoms with Gasteiger partial charge in [0.05, 0.1) is 6.33 Å². The van der Waals surface area contributed by atoms with Crippen LogP contribution in [0.2, 0.25) is 0 Å². The monoisotopic (exact) mass is 234 g/mol. The van der Waals surface area contributed by atoms with Crippen LogP contribution >= 0.6 is 0 Å². The Balaban J connectivity index is 1.41. The van der Waals surface area contributed by atoms with E-state index in [1.807, 2.05) is 18.7 Å². The van der Waals surface area contributed by atoms with Gasteiger partial charge in [-0.1, -0.05) is 0 Å². The van der Waals surface area contributed by atoms with Gasteiger partial charge in [-0.15, -0.1) is 0 Å². The molecule has 4 nitrogen and oxygen atoms in total. The minimum atomic E-state index is 0.775. The van der Waals surface area contributed by atoms with Crippen LogP contribution in [-0.2, 0) is 6.54 Å². The third kappa shape index (κ3) is 2.69. The first-order chi connectivity index (χ1) is 8.42. The molecule has 2 atom stereocenters. The number of fused-ring (bicyclic) bond motifs is 1. The highest BCUT2D eigenvalue weighted by molar-refractivity contribution is 4.91. The average molecular weight is 234 g/mol. The zero-order valence-corrected chi connectivity index (χ0v) is 10.4. The number of piperidine rings is 1. The second-order valence-corrected chi connectivity index (χ2v) is 5.38. The zero-order valence-electron chi connectivity index (χ0n) is 10.4. The average Bonchev–Trinajstić information content (AvgIpc) is 2.96. The fourth-order valence-corrected chi connectivity index (χ4v) is 3.21. The largest absolute Gasteiger partial charge is 0.337 e. The summed E-state index contributed by atoms with van der Waals surface area (Å²) in [6.07, 6.45) is 9.83. The van der Waals surface area contributed by atoms with Gasteiger partial charge in [-0.2, -0.15) is 0 Å². The number of aryl methyl sites for hydroxylation is 1. The van der Waals surface area contributed by atoms with E-state index >= 15 is 0 Å². The molecule has 4 heteroatoms. The van der Waals surface area contributed by atoms with Crippen molar-refractivity contribution in [2.24, 2.45) is 5.92 Å². The highest BCUT2D eigenvalue weighted by atomic mass is 15.2. The molecule has 2 aliphatic heterocycles. The van der Waals surface area contributed by atoms with Gasteiger partial charge in [-0.25, -0.2) is 4.98 Å². The number of nitrogens with zero attached hydrogens (tertiary/aromatic N) is 3. The Labute approximate surface area is 103 Å². The Morgan fingerprint density at radius 2 is 2.29 bits per heavy atom. The molecule has 0 aromatic carbocycles. The van der Waals surface area contributed by atoms with E-state index < -0.39 is 0 Å². The lowest BCUT2D eigenvalue weighted by Gasteiger charge is -2.24. The van der Waals surface area contributed by atoms with Gasteiger partial charge in [0, 0.05) is 38.1 Å². The molecule has 0 spiro atoms. The normalized spacial score (nSPS) is 29.4. The van der Waals surface area contributed by atoms with Crippen LogP contribution in [0, 0.1) is 5.92 Å². The van der Waals surface area contributed by atoms with Gasteiger partial charge in [-0.05, 0) is 38.3 Å². The minimum absolute atomic E-state index is 0.775. The SMILES string of the molecule is c1cn(CCCN2C[C@@H]3CCCN[C@@H]3C2)cn1. The molecular weight excluding hydrogens is 212 g/mol. The summed E-state index contributed by atoms with van der Waals surface area (Å²) >= 11 is 0. The molecule has 0 bridgehead atoms. The Kier molecular flexibility index (Phi) is 3.43. The van der Waals surface area contributed by atoms with Crippen molar-refractivity contribution < 1.29 is 0 Å². The summed E-state index contributed by atoms with van der Waals surface area (Å²) in [6.45, 7) is 6.12. The van der Waals surface area contributed by atoms with Crippen LogP contribution in [0.1, 0.15) is 19.3 Å². The Hall–Kier alpha value is -0.870. The van der Waals surface area contributed by atoms with Gasteiger partial charge in [0.2, 0.25) is 0 Å². The Bertz CT molecular complexity index is 321. The highest BCUT2D eigenvalue weighted by Crippen LogP contribution is 2.24. The zero-order chi connectivity index (χ0) is 11.5. The molecule has 1 aromatic heterocycles. The number of hydrogen-bond donors (Lipinski definition) is 1. The Morgan fingerprint density at radius 3 is 3.12 bits per heavy atom. The summed E-state index contributed by atoms with van der Waals surface area (Å²) in [5.41, 5.74) is 0. The molecule has 0 amide bonds. The summed E-state index contributed by atoms with van der Waals surface area (Å²) < 4.78 is 2.17. The maximum Gasteiger partial charge on any atom is 0.0945 e. The van der Waals surface area contributed by atoms with Crippen molar-refractivity contribution in [3.63, 3.8) is 0 Å². The van der Waals surface area contributed by atoms with Crippen molar-refractivity contribution in [3.05, 3.63) is 18.7 Å². The van der Waals surface area contributed by atoms with Crippen LogP contribution in [0.5, 0.6) is 0 Å². The molecule has 0 radical (unpaired) electrons. The quantitative estimate of drug-likeness (QED) is 0.842. The van der Waals surface area contributed by atoms with Gasteiger partial charge in [0.15, 0.2) is 0 Å². The smallest absolute Gasteiger partial charge is 0.0945 e. The standard InChI is InChI=1S/C13H22N4/c1-3-12-9-17(10-13(12)15-4-1)7-2-6-16-8-5-14-11-16/h5,8,11-13,15H,1-4,6-7,9-10H2/t12-,13+/m0/s1. The molecule has 3 heterocycles. The number of rotatable bonds is 4. The third-order valence-corrected chi connectivity index (χ3v) is 4.12. The van der Waals surface area contributed by atoms with Crippen molar-refractivity contribution in [2.45, 2.75) is 31.8 Å². The predicted molar refractivity (Wildman–Crippen MR) is 67.8 cm³/mol. The molecule has 0 aliphatic carbocycles. The molecular formula is C13H22N4. The van der Waals surface area contributed by atoms with Crippen molar-refractivity contribution >= 4 is 0 Å². The number of nitrogens with one attached hydrogen (secondary N) is 1. The van der Waals surface area contributed by atoms with Crippen molar-refractivity contribution in [3.8, 4) is 0 Å². The van der Waals surface area contributed by atoms with Crippen LogP contribution < -0.4 is 5.32 Å². The van der Waals surface area contributed by atoms with Crippen LogP contribution in [0.4, 0.5) is 0 Å². The minimum Gasteiger partial charge on any atom is -0.337 e. The second kappa shape index (κ2) is 5.19. The van der Waals surface area contributed by atoms with E-state index in [1.165, 1.54) is 45.4 Å². The van der Waals surface area contributed by atoms with Gasteiger partial charge in [0.25, 0.3) is 0 Å². The van der Waals surface area contributed by atoms with Crippen LogP contribution in [0.3, 0.4) is 0 Å². The van der Waals surface area contributed by atoms with E-state index in [2.05, 4.69) is 19.8 Å². The maximum absolute atomic E-state index is 4.07. The molecule has 2 fully saturated rings. The predicted octanol–water partition coefficient (Wildman–Crippen LogP) is 0.957. The lowest BCUT2D eigenvalue weighted by Crippen LogP contribution is -2.40. The molecule has 2 aliphatic rings. The first-order valence-corrected chi connectivity index (χ1v) is 6.83. The fourth-order valence-electron chi connectivity index (χ4n) is 3.21. The summed E-state index contributed by atoms with van der Waals surface area (Å²) in [7, 11) is 0. The van der Waals surface area contributed by atoms with Crippen molar-refractivity contribution in [1.29, 1.82) is 0 Å². The third-order valence-electron chi connectivity index (χ3n) is 4.12. The van der Waals surface area contributed by atoms with E-state index in [0.717, 1.165) is 18.5 Å². The topological polar surface area (TPSA) is 33.1 Å². The molecule has 2 saturated heterocycles. The van der Waals surface area contributed by atoms with E-state index in [1.54, 1.807) is 0 Å². The van der Waals surface area contributed by atoms with Crippen molar-refractivity contribution in [2.75, 3.05) is 26.2 Å². The van der Waals surface area contributed by atoms with Crippen LogP contribution in [0.15, 0.2) is 18.7 Å². The van der Waals surface area contributed by atoms with Gasteiger partial charge in [0.1, 0.15) is 0 Å². The number of likely N-dealkylation sites (tertiary alicyclic amines) is 1.